The van der Waals surface area contributed by atoms with E-state index in [1.54, 1.807) is 6.92 Å². The summed E-state index contributed by atoms with van der Waals surface area (Å²) in [5, 5.41) is 14.9. The van der Waals surface area contributed by atoms with Crippen LogP contribution in [0.5, 0.6) is 0 Å². The van der Waals surface area contributed by atoms with E-state index >= 15 is 0 Å². The molecule has 2 aromatic carbocycles. The summed E-state index contributed by atoms with van der Waals surface area (Å²) < 4.78 is 5.59. The highest BCUT2D eigenvalue weighted by Gasteiger charge is 2.37. The molecule has 7 nitrogen and oxygen atoms in total. The number of fused-ring (bicyclic) bond motifs is 3. The van der Waals surface area contributed by atoms with Crippen LogP contribution in [-0.2, 0) is 14.3 Å². The highest BCUT2D eigenvalue weighted by atomic mass is 16.5. The largest absolute Gasteiger partial charge is 0.481 e. The lowest BCUT2D eigenvalue weighted by atomic mass is 9.81. The Balaban J connectivity index is 1.61. The van der Waals surface area contributed by atoms with Crippen molar-refractivity contribution in [1.29, 1.82) is 0 Å². The van der Waals surface area contributed by atoms with Crippen molar-refractivity contribution < 1.29 is 24.2 Å². The molecule has 0 saturated heterocycles. The first-order valence-corrected chi connectivity index (χ1v) is 12.1. The molecule has 3 N–H and O–H groups in total. The standard InChI is InChI=1S/C28H36N2O5/c1-6-28(5,25(33)30-23(15-24(31)32)27(2,3)4)17-29-26(34)35-16-22-20-13-9-7-11-18(20)19-12-8-10-14-21(19)22/h7-14,22-23H,6,15-17H2,1-5H3,(H,29,34)(H,30,33)(H,31,32). The molecule has 2 atom stereocenters. The lowest BCUT2D eigenvalue weighted by Gasteiger charge is -2.35. The van der Waals surface area contributed by atoms with Gasteiger partial charge in [-0.25, -0.2) is 4.79 Å². The van der Waals surface area contributed by atoms with E-state index in [-0.39, 0.29) is 31.4 Å². The van der Waals surface area contributed by atoms with E-state index in [0.29, 0.717) is 6.42 Å². The normalized spacial score (nSPS) is 15.3. The Hall–Kier alpha value is -3.35. The van der Waals surface area contributed by atoms with Gasteiger partial charge >= 0.3 is 12.1 Å². The summed E-state index contributed by atoms with van der Waals surface area (Å²) in [6, 6.07) is 15.7. The molecule has 188 valence electrons. The molecule has 0 spiro atoms. The molecule has 0 saturated carbocycles. The lowest BCUT2D eigenvalue weighted by Crippen LogP contribution is -2.53. The SMILES string of the molecule is CCC(C)(CNC(=O)OCC1c2ccccc2-c2ccccc21)C(=O)NC(CC(=O)O)C(C)(C)C. The van der Waals surface area contributed by atoms with Crippen molar-refractivity contribution >= 4 is 18.0 Å². The Bertz CT molecular complexity index is 1050. The number of nitrogens with one attached hydrogen (secondary N) is 2. The fourth-order valence-corrected chi connectivity index (χ4v) is 4.36. The molecule has 0 fully saturated rings. The molecule has 7 heteroatoms. The second kappa shape index (κ2) is 10.5. The summed E-state index contributed by atoms with van der Waals surface area (Å²) in [7, 11) is 0. The zero-order valence-electron chi connectivity index (χ0n) is 21.2. The first-order chi connectivity index (χ1) is 16.5. The van der Waals surface area contributed by atoms with E-state index in [9.17, 15) is 19.5 Å². The van der Waals surface area contributed by atoms with Gasteiger partial charge in [-0.05, 0) is 41.0 Å². The maximum Gasteiger partial charge on any atom is 0.407 e. The van der Waals surface area contributed by atoms with Gasteiger partial charge in [0, 0.05) is 18.5 Å². The Kier molecular flexibility index (Phi) is 7.88. The average molecular weight is 481 g/mol. The predicted molar refractivity (Wildman–Crippen MR) is 135 cm³/mol. The molecule has 1 aliphatic rings. The van der Waals surface area contributed by atoms with Crippen molar-refractivity contribution in [3.8, 4) is 11.1 Å². The lowest BCUT2D eigenvalue weighted by molar-refractivity contribution is -0.139. The number of carboxylic acids is 1. The molecule has 0 radical (unpaired) electrons. The number of ether oxygens (including phenoxy) is 1. The van der Waals surface area contributed by atoms with Crippen LogP contribution in [0.1, 0.15) is 64.5 Å². The summed E-state index contributed by atoms with van der Waals surface area (Å²) in [6.45, 7) is 9.56. The second-order valence-corrected chi connectivity index (χ2v) is 10.6. The Labute approximate surface area is 207 Å². The Morgan fingerprint density at radius 2 is 1.51 bits per heavy atom. The van der Waals surface area contributed by atoms with Crippen molar-refractivity contribution in [2.75, 3.05) is 13.2 Å². The van der Waals surface area contributed by atoms with E-state index in [0.717, 1.165) is 22.3 Å². The van der Waals surface area contributed by atoms with Gasteiger partial charge in [-0.1, -0.05) is 76.2 Å². The first kappa shape index (κ1) is 26.3. The van der Waals surface area contributed by atoms with Gasteiger partial charge in [0.2, 0.25) is 5.91 Å². The highest BCUT2D eigenvalue weighted by Crippen LogP contribution is 2.44. The van der Waals surface area contributed by atoms with Crippen LogP contribution in [0.25, 0.3) is 11.1 Å². The van der Waals surface area contributed by atoms with Crippen LogP contribution >= 0.6 is 0 Å². The molecule has 2 aromatic rings. The zero-order valence-corrected chi connectivity index (χ0v) is 21.2. The smallest absolute Gasteiger partial charge is 0.407 e. The van der Waals surface area contributed by atoms with Gasteiger partial charge in [-0.2, -0.15) is 0 Å². The Morgan fingerprint density at radius 3 is 2.00 bits per heavy atom. The van der Waals surface area contributed by atoms with Crippen LogP contribution in [0.2, 0.25) is 0 Å². The number of alkyl carbamates (subject to hydrolysis) is 1. The number of hydrogen-bond donors (Lipinski definition) is 3. The predicted octanol–water partition coefficient (Wildman–Crippen LogP) is 4.95. The molecule has 2 unspecified atom stereocenters. The summed E-state index contributed by atoms with van der Waals surface area (Å²) in [5.74, 6) is -1.31. The molecular formula is C28H36N2O5. The number of carbonyl (C=O) groups excluding carboxylic acids is 2. The molecule has 0 heterocycles. The minimum Gasteiger partial charge on any atom is -0.481 e. The fraction of sp³-hybridized carbons (Fsp3) is 0.464. The van der Waals surface area contributed by atoms with Gasteiger partial charge in [-0.15, -0.1) is 0 Å². The maximum absolute atomic E-state index is 13.1. The van der Waals surface area contributed by atoms with E-state index in [2.05, 4.69) is 34.9 Å². The molecule has 35 heavy (non-hydrogen) atoms. The minimum absolute atomic E-state index is 0.0439. The minimum atomic E-state index is -0.972. The van der Waals surface area contributed by atoms with Crippen LogP contribution in [0.4, 0.5) is 4.79 Å². The monoisotopic (exact) mass is 480 g/mol. The number of aliphatic carboxylic acids is 1. The topological polar surface area (TPSA) is 105 Å². The molecule has 0 aromatic heterocycles. The van der Waals surface area contributed by atoms with Crippen LogP contribution in [0.15, 0.2) is 48.5 Å². The summed E-state index contributed by atoms with van der Waals surface area (Å²) >= 11 is 0. The molecule has 3 rings (SSSR count). The number of amides is 2. The molecule has 0 aliphatic heterocycles. The van der Waals surface area contributed by atoms with Crippen LogP contribution in [0, 0.1) is 10.8 Å². The number of carboxylic acid groups (broad SMARTS) is 1. The molecular weight excluding hydrogens is 444 g/mol. The Morgan fingerprint density at radius 1 is 0.971 bits per heavy atom. The quantitative estimate of drug-likeness (QED) is 0.471. The number of rotatable bonds is 9. The van der Waals surface area contributed by atoms with Crippen molar-refractivity contribution in [2.24, 2.45) is 10.8 Å². The van der Waals surface area contributed by atoms with Gasteiger partial charge in [0.05, 0.1) is 11.8 Å². The van der Waals surface area contributed by atoms with Gasteiger partial charge < -0.3 is 20.5 Å². The molecule has 2 amide bonds. The van der Waals surface area contributed by atoms with Crippen LogP contribution in [-0.4, -0.2) is 42.3 Å². The molecule has 1 aliphatic carbocycles. The first-order valence-electron chi connectivity index (χ1n) is 12.1. The van der Waals surface area contributed by atoms with Crippen molar-refractivity contribution in [3.05, 3.63) is 59.7 Å². The fourth-order valence-electron chi connectivity index (χ4n) is 4.36. The number of hydrogen-bond acceptors (Lipinski definition) is 4. The van der Waals surface area contributed by atoms with Crippen molar-refractivity contribution in [3.63, 3.8) is 0 Å². The van der Waals surface area contributed by atoms with Gasteiger partial charge in [0.1, 0.15) is 6.61 Å². The van der Waals surface area contributed by atoms with Crippen LogP contribution in [0.3, 0.4) is 0 Å². The third kappa shape index (κ3) is 6.02. The van der Waals surface area contributed by atoms with E-state index in [1.165, 1.54) is 0 Å². The molecule has 0 bridgehead atoms. The second-order valence-electron chi connectivity index (χ2n) is 10.6. The van der Waals surface area contributed by atoms with Crippen molar-refractivity contribution in [2.45, 2.75) is 59.4 Å². The van der Waals surface area contributed by atoms with Gasteiger partial charge in [0.25, 0.3) is 0 Å². The third-order valence-corrected chi connectivity index (χ3v) is 7.02. The van der Waals surface area contributed by atoms with Crippen LogP contribution < -0.4 is 10.6 Å². The summed E-state index contributed by atoms with van der Waals surface area (Å²) in [4.78, 5) is 37.0. The van der Waals surface area contributed by atoms with Gasteiger partial charge in [0.15, 0.2) is 0 Å². The van der Waals surface area contributed by atoms with Crippen molar-refractivity contribution in [1.82, 2.24) is 10.6 Å². The number of benzene rings is 2. The number of carbonyl (C=O) groups is 3. The van der Waals surface area contributed by atoms with E-state index in [4.69, 9.17) is 4.74 Å². The van der Waals surface area contributed by atoms with E-state index in [1.807, 2.05) is 52.0 Å². The van der Waals surface area contributed by atoms with Gasteiger partial charge in [-0.3, -0.25) is 9.59 Å². The third-order valence-electron chi connectivity index (χ3n) is 7.02. The van der Waals surface area contributed by atoms with E-state index < -0.39 is 28.9 Å². The highest BCUT2D eigenvalue weighted by molar-refractivity contribution is 5.84. The maximum atomic E-state index is 13.1. The summed E-state index contributed by atoms with van der Waals surface area (Å²) in [6.07, 6.45) is -0.293. The average Bonchev–Trinajstić information content (AvgIpc) is 3.13. The summed E-state index contributed by atoms with van der Waals surface area (Å²) in [5.41, 5.74) is 3.23. The zero-order chi connectivity index (χ0) is 25.8.